The Hall–Kier alpha value is -2.05. The normalized spacial score (nSPS) is 18.2. The molecule has 0 amide bonds. The number of piperazine rings is 1. The van der Waals surface area contributed by atoms with Crippen LogP contribution in [0.4, 0.5) is 5.95 Å². The van der Waals surface area contributed by atoms with Gasteiger partial charge in [0.1, 0.15) is 6.33 Å². The van der Waals surface area contributed by atoms with E-state index in [9.17, 15) is 0 Å². The minimum Gasteiger partial charge on any atom is -0.380 e. The summed E-state index contributed by atoms with van der Waals surface area (Å²) in [7, 11) is 1.70. The predicted octanol–water partition coefficient (Wildman–Crippen LogP) is 2.12. The van der Waals surface area contributed by atoms with Crippen molar-refractivity contribution in [3.05, 3.63) is 36.2 Å². The van der Waals surface area contributed by atoms with E-state index in [0.717, 1.165) is 36.7 Å². The Balaban J connectivity index is 1.85. The van der Waals surface area contributed by atoms with E-state index >= 15 is 0 Å². The molecule has 2 aromatic rings. The molecule has 1 aliphatic heterocycles. The molecule has 1 N–H and O–H groups in total. The highest BCUT2D eigenvalue weighted by Gasteiger charge is 2.27. The first kappa shape index (κ1) is 16.8. The first-order valence-corrected chi connectivity index (χ1v) is 8.43. The molecule has 1 fully saturated rings. The maximum Gasteiger partial charge on any atom is 0.229 e. The molecule has 1 aromatic heterocycles. The van der Waals surface area contributed by atoms with Crippen LogP contribution < -0.4 is 10.2 Å². The lowest BCUT2D eigenvalue weighted by Crippen LogP contribution is -2.54. The molecule has 3 rings (SSSR count). The largest absolute Gasteiger partial charge is 0.380 e. The van der Waals surface area contributed by atoms with Gasteiger partial charge >= 0.3 is 0 Å². The molecule has 128 valence electrons. The van der Waals surface area contributed by atoms with Crippen LogP contribution in [0.25, 0.3) is 11.4 Å². The number of aromatic nitrogens is 3. The summed E-state index contributed by atoms with van der Waals surface area (Å²) in [6.45, 7) is 7.92. The summed E-state index contributed by atoms with van der Waals surface area (Å²) in [5.74, 6) is 2.01. The number of anilines is 1. The third-order valence-corrected chi connectivity index (χ3v) is 4.39. The van der Waals surface area contributed by atoms with Crippen molar-refractivity contribution in [1.29, 1.82) is 0 Å². The van der Waals surface area contributed by atoms with Gasteiger partial charge in [-0.3, -0.25) is 0 Å². The molecule has 0 aliphatic carbocycles. The van der Waals surface area contributed by atoms with Gasteiger partial charge in [-0.2, -0.15) is 4.98 Å². The number of hydrogen-bond donors (Lipinski definition) is 1. The highest BCUT2D eigenvalue weighted by atomic mass is 16.5. The van der Waals surface area contributed by atoms with E-state index in [4.69, 9.17) is 9.72 Å². The van der Waals surface area contributed by atoms with Crippen molar-refractivity contribution < 1.29 is 4.74 Å². The molecule has 0 bridgehead atoms. The van der Waals surface area contributed by atoms with Crippen LogP contribution in [0.3, 0.4) is 0 Å². The summed E-state index contributed by atoms with van der Waals surface area (Å²) < 4.78 is 5.15. The highest BCUT2D eigenvalue weighted by molar-refractivity contribution is 5.56. The van der Waals surface area contributed by atoms with Crippen LogP contribution in [-0.2, 0) is 11.3 Å². The first-order chi connectivity index (χ1) is 11.7. The molecule has 1 unspecified atom stereocenters. The fourth-order valence-electron chi connectivity index (χ4n) is 3.05. The Labute approximate surface area is 143 Å². The minimum atomic E-state index is 0.401. The van der Waals surface area contributed by atoms with Crippen molar-refractivity contribution in [3.63, 3.8) is 0 Å². The number of benzene rings is 1. The van der Waals surface area contributed by atoms with E-state index in [-0.39, 0.29) is 0 Å². The van der Waals surface area contributed by atoms with Gasteiger partial charge in [0.2, 0.25) is 5.95 Å². The van der Waals surface area contributed by atoms with Crippen molar-refractivity contribution >= 4 is 5.95 Å². The number of nitrogens with zero attached hydrogens (tertiary/aromatic N) is 4. The average molecular weight is 327 g/mol. The van der Waals surface area contributed by atoms with E-state index in [2.05, 4.69) is 34.0 Å². The fourth-order valence-corrected chi connectivity index (χ4v) is 3.05. The number of nitrogens with one attached hydrogen (secondary N) is 1. The van der Waals surface area contributed by atoms with Gasteiger partial charge < -0.3 is 15.0 Å². The second-order valence-electron chi connectivity index (χ2n) is 6.45. The Morgan fingerprint density at radius 2 is 2.04 bits per heavy atom. The Morgan fingerprint density at radius 1 is 1.25 bits per heavy atom. The number of rotatable bonds is 5. The lowest BCUT2D eigenvalue weighted by molar-refractivity contribution is 0.185. The van der Waals surface area contributed by atoms with Crippen LogP contribution in [0, 0.1) is 5.92 Å². The van der Waals surface area contributed by atoms with Gasteiger partial charge in [-0.25, -0.2) is 9.97 Å². The maximum absolute atomic E-state index is 5.15. The standard InChI is InChI=1S/C18H25N5O/c1-13(2)16-10-19-8-9-23(16)18-21-12-20-17(22-18)15-6-4-14(5-7-15)11-24-3/h4-7,12-13,16,19H,8-11H2,1-3H3. The lowest BCUT2D eigenvalue weighted by Gasteiger charge is -2.38. The van der Waals surface area contributed by atoms with E-state index < -0.39 is 0 Å². The number of ether oxygens (including phenoxy) is 1. The Kier molecular flexibility index (Phi) is 5.37. The molecule has 6 nitrogen and oxygen atoms in total. The van der Waals surface area contributed by atoms with Crippen molar-refractivity contribution in [1.82, 2.24) is 20.3 Å². The summed E-state index contributed by atoms with van der Waals surface area (Å²) in [6, 6.07) is 8.56. The molecule has 1 atom stereocenters. The van der Waals surface area contributed by atoms with E-state index in [1.807, 2.05) is 24.3 Å². The monoisotopic (exact) mass is 327 g/mol. The van der Waals surface area contributed by atoms with Crippen LogP contribution in [0.1, 0.15) is 19.4 Å². The van der Waals surface area contributed by atoms with Gasteiger partial charge in [0.15, 0.2) is 5.82 Å². The third kappa shape index (κ3) is 3.71. The zero-order valence-electron chi connectivity index (χ0n) is 14.6. The molecule has 1 aromatic carbocycles. The maximum atomic E-state index is 5.15. The molecule has 24 heavy (non-hydrogen) atoms. The van der Waals surface area contributed by atoms with Crippen LogP contribution in [0.2, 0.25) is 0 Å². The van der Waals surface area contributed by atoms with E-state index in [1.165, 1.54) is 0 Å². The van der Waals surface area contributed by atoms with Gasteiger partial charge in [0.05, 0.1) is 6.61 Å². The zero-order valence-corrected chi connectivity index (χ0v) is 14.6. The Bertz CT molecular complexity index is 659. The molecule has 2 heterocycles. The molecule has 6 heteroatoms. The molecule has 0 saturated carbocycles. The smallest absolute Gasteiger partial charge is 0.229 e. The topological polar surface area (TPSA) is 63.2 Å². The highest BCUT2D eigenvalue weighted by Crippen LogP contribution is 2.21. The zero-order chi connectivity index (χ0) is 16.9. The second-order valence-corrected chi connectivity index (χ2v) is 6.45. The Morgan fingerprint density at radius 3 is 2.75 bits per heavy atom. The quantitative estimate of drug-likeness (QED) is 0.907. The van der Waals surface area contributed by atoms with E-state index in [0.29, 0.717) is 24.4 Å². The van der Waals surface area contributed by atoms with Gasteiger partial charge in [-0.15, -0.1) is 0 Å². The first-order valence-electron chi connectivity index (χ1n) is 8.43. The van der Waals surface area contributed by atoms with Gasteiger partial charge in [-0.05, 0) is 11.5 Å². The van der Waals surface area contributed by atoms with E-state index in [1.54, 1.807) is 13.4 Å². The van der Waals surface area contributed by atoms with Crippen LogP contribution in [0.5, 0.6) is 0 Å². The summed E-state index contributed by atoms with van der Waals surface area (Å²) in [5.41, 5.74) is 2.13. The van der Waals surface area contributed by atoms with Crippen molar-refractivity contribution in [2.45, 2.75) is 26.5 Å². The number of methoxy groups -OCH3 is 1. The summed E-state index contributed by atoms with van der Waals surface area (Å²) in [5, 5.41) is 3.46. The molecular weight excluding hydrogens is 302 g/mol. The lowest BCUT2D eigenvalue weighted by atomic mass is 10.0. The molecule has 1 saturated heterocycles. The van der Waals surface area contributed by atoms with Crippen LogP contribution in [-0.4, -0.2) is 47.7 Å². The predicted molar refractivity (Wildman–Crippen MR) is 94.8 cm³/mol. The SMILES string of the molecule is COCc1ccc(-c2ncnc(N3CCNCC3C(C)C)n2)cc1. The van der Waals surface area contributed by atoms with Gasteiger partial charge in [-0.1, -0.05) is 38.1 Å². The third-order valence-electron chi connectivity index (χ3n) is 4.39. The van der Waals surface area contributed by atoms with Crippen molar-refractivity contribution in [2.24, 2.45) is 5.92 Å². The molecule has 0 radical (unpaired) electrons. The van der Waals surface area contributed by atoms with Gasteiger partial charge in [0, 0.05) is 38.3 Å². The van der Waals surface area contributed by atoms with Crippen LogP contribution >= 0.6 is 0 Å². The number of hydrogen-bond acceptors (Lipinski definition) is 6. The fraction of sp³-hybridized carbons (Fsp3) is 0.500. The summed E-state index contributed by atoms with van der Waals surface area (Å²) >= 11 is 0. The molecular formula is C18H25N5O. The molecule has 0 spiro atoms. The van der Waals surface area contributed by atoms with Crippen molar-refractivity contribution in [2.75, 3.05) is 31.6 Å². The minimum absolute atomic E-state index is 0.401. The summed E-state index contributed by atoms with van der Waals surface area (Å²) in [6.07, 6.45) is 1.61. The van der Waals surface area contributed by atoms with Crippen molar-refractivity contribution in [3.8, 4) is 11.4 Å². The second kappa shape index (κ2) is 7.68. The van der Waals surface area contributed by atoms with Gasteiger partial charge in [0.25, 0.3) is 0 Å². The van der Waals surface area contributed by atoms with Crippen LogP contribution in [0.15, 0.2) is 30.6 Å². The average Bonchev–Trinajstić information content (AvgIpc) is 2.63. The summed E-state index contributed by atoms with van der Waals surface area (Å²) in [4.78, 5) is 15.8. The molecule has 1 aliphatic rings.